The lowest BCUT2D eigenvalue weighted by molar-refractivity contribution is 0.475. The van der Waals surface area contributed by atoms with Gasteiger partial charge in [-0.3, -0.25) is 0 Å². The summed E-state index contributed by atoms with van der Waals surface area (Å²) in [6.07, 6.45) is 0. The Hall–Kier alpha value is -1.71. The van der Waals surface area contributed by atoms with Crippen molar-refractivity contribution in [3.63, 3.8) is 0 Å². The topological polar surface area (TPSA) is 49.5 Å². The molecule has 0 unspecified atom stereocenters. The number of hydrogen-bond donors (Lipinski definition) is 2. The van der Waals surface area contributed by atoms with Crippen LogP contribution in [0.15, 0.2) is 42.5 Å². The van der Waals surface area contributed by atoms with Crippen molar-refractivity contribution >= 4 is 23.0 Å². The van der Waals surface area contributed by atoms with Crippen LogP contribution >= 0.6 is 11.6 Å². The summed E-state index contributed by atoms with van der Waals surface area (Å²) in [5.41, 5.74) is 8.71. The van der Waals surface area contributed by atoms with Gasteiger partial charge in [0.1, 0.15) is 5.75 Å². The summed E-state index contributed by atoms with van der Waals surface area (Å²) in [4.78, 5) is 2.10. The molecule has 0 saturated heterocycles. The van der Waals surface area contributed by atoms with E-state index in [0.717, 1.165) is 23.5 Å². The lowest BCUT2D eigenvalue weighted by atomic mass is 10.1. The smallest absolute Gasteiger partial charge is 0.117 e. The Labute approximate surface area is 118 Å². The van der Waals surface area contributed by atoms with Crippen LogP contribution in [0.4, 0.5) is 11.4 Å². The summed E-state index contributed by atoms with van der Waals surface area (Å²) in [7, 11) is 0. The first-order valence-corrected chi connectivity index (χ1v) is 6.58. The minimum Gasteiger partial charge on any atom is -0.508 e. The number of nitrogens with zero attached hydrogens (tertiary/aromatic N) is 1. The summed E-state index contributed by atoms with van der Waals surface area (Å²) in [6, 6.07) is 12.9. The van der Waals surface area contributed by atoms with E-state index in [2.05, 4.69) is 11.8 Å². The van der Waals surface area contributed by atoms with Gasteiger partial charge in [0.2, 0.25) is 0 Å². The first-order chi connectivity index (χ1) is 9.15. The van der Waals surface area contributed by atoms with Crippen LogP contribution in [0.1, 0.15) is 12.5 Å². The molecule has 0 amide bonds. The zero-order chi connectivity index (χ0) is 13.8. The molecule has 0 aliphatic carbocycles. The summed E-state index contributed by atoms with van der Waals surface area (Å²) in [6.45, 7) is 3.25. The number of rotatable bonds is 4. The second-order valence-corrected chi connectivity index (χ2v) is 4.68. The Bertz CT molecular complexity index is 572. The second-order valence-electron chi connectivity index (χ2n) is 4.24. The van der Waals surface area contributed by atoms with E-state index < -0.39 is 0 Å². The normalized spacial score (nSPS) is 10.5. The largest absolute Gasteiger partial charge is 0.508 e. The van der Waals surface area contributed by atoms with Gasteiger partial charge in [0.25, 0.3) is 0 Å². The third-order valence-corrected chi connectivity index (χ3v) is 3.24. The maximum absolute atomic E-state index is 9.60. The zero-order valence-electron chi connectivity index (χ0n) is 10.8. The Morgan fingerprint density at radius 2 is 2.00 bits per heavy atom. The van der Waals surface area contributed by atoms with Crippen molar-refractivity contribution in [3.8, 4) is 5.75 Å². The molecule has 2 aromatic rings. The minimum absolute atomic E-state index is 0.249. The van der Waals surface area contributed by atoms with E-state index >= 15 is 0 Å². The molecule has 0 aromatic heterocycles. The fourth-order valence-electron chi connectivity index (χ4n) is 2.13. The van der Waals surface area contributed by atoms with Gasteiger partial charge in [-0.05, 0) is 42.8 Å². The van der Waals surface area contributed by atoms with Gasteiger partial charge >= 0.3 is 0 Å². The SMILES string of the molecule is CCN(c1cccc(O)c1)c1ccc(Cl)cc1CN. The molecule has 3 N–H and O–H groups in total. The van der Waals surface area contributed by atoms with Crippen molar-refractivity contribution in [2.45, 2.75) is 13.5 Å². The van der Waals surface area contributed by atoms with Crippen molar-refractivity contribution in [2.24, 2.45) is 5.73 Å². The van der Waals surface area contributed by atoms with Crippen molar-refractivity contribution in [1.82, 2.24) is 0 Å². The molecular weight excluding hydrogens is 260 g/mol. The third kappa shape index (κ3) is 3.00. The Balaban J connectivity index is 2.48. The van der Waals surface area contributed by atoms with Crippen LogP contribution in [0.2, 0.25) is 5.02 Å². The molecule has 19 heavy (non-hydrogen) atoms. The van der Waals surface area contributed by atoms with E-state index in [9.17, 15) is 5.11 Å². The molecule has 0 aliphatic rings. The van der Waals surface area contributed by atoms with Gasteiger partial charge in [-0.25, -0.2) is 0 Å². The van der Waals surface area contributed by atoms with Crippen LogP contribution in [-0.4, -0.2) is 11.7 Å². The van der Waals surface area contributed by atoms with Gasteiger partial charge in [0.15, 0.2) is 0 Å². The average molecular weight is 277 g/mol. The van der Waals surface area contributed by atoms with Crippen LogP contribution < -0.4 is 10.6 Å². The molecule has 2 rings (SSSR count). The first kappa shape index (κ1) is 13.7. The van der Waals surface area contributed by atoms with Crippen LogP contribution in [-0.2, 0) is 6.54 Å². The molecule has 3 nitrogen and oxygen atoms in total. The molecule has 0 fully saturated rings. The second kappa shape index (κ2) is 5.95. The quantitative estimate of drug-likeness (QED) is 0.896. The summed E-state index contributed by atoms with van der Waals surface area (Å²) in [5.74, 6) is 0.249. The molecule has 0 saturated carbocycles. The molecule has 100 valence electrons. The summed E-state index contributed by atoms with van der Waals surface area (Å²) < 4.78 is 0. The predicted molar refractivity (Wildman–Crippen MR) is 80.1 cm³/mol. The molecule has 4 heteroatoms. The fraction of sp³-hybridized carbons (Fsp3) is 0.200. The summed E-state index contributed by atoms with van der Waals surface area (Å²) in [5, 5.41) is 10.3. The average Bonchev–Trinajstić information content (AvgIpc) is 2.41. The molecule has 2 aromatic carbocycles. The molecule has 0 spiro atoms. The van der Waals surface area contributed by atoms with Crippen LogP contribution in [0.3, 0.4) is 0 Å². The monoisotopic (exact) mass is 276 g/mol. The highest BCUT2D eigenvalue weighted by Crippen LogP contribution is 2.31. The van der Waals surface area contributed by atoms with Gasteiger partial charge < -0.3 is 15.7 Å². The lowest BCUT2D eigenvalue weighted by Crippen LogP contribution is -2.18. The van der Waals surface area contributed by atoms with Gasteiger partial charge in [-0.15, -0.1) is 0 Å². The van der Waals surface area contributed by atoms with E-state index in [4.69, 9.17) is 17.3 Å². The number of phenolic OH excluding ortho intramolecular Hbond substituents is 1. The Morgan fingerprint density at radius 3 is 2.63 bits per heavy atom. The van der Waals surface area contributed by atoms with E-state index in [1.54, 1.807) is 12.1 Å². The van der Waals surface area contributed by atoms with Crippen LogP contribution in [0.5, 0.6) is 5.75 Å². The van der Waals surface area contributed by atoms with Crippen molar-refractivity contribution in [2.75, 3.05) is 11.4 Å². The molecule has 0 radical (unpaired) electrons. The number of benzene rings is 2. The minimum atomic E-state index is 0.249. The van der Waals surface area contributed by atoms with Crippen molar-refractivity contribution in [1.29, 1.82) is 0 Å². The zero-order valence-corrected chi connectivity index (χ0v) is 11.6. The number of nitrogens with two attached hydrogens (primary N) is 1. The molecule has 0 bridgehead atoms. The van der Waals surface area contributed by atoms with E-state index in [1.165, 1.54) is 0 Å². The maximum Gasteiger partial charge on any atom is 0.117 e. The van der Waals surface area contributed by atoms with E-state index in [1.807, 2.05) is 30.3 Å². The number of phenols is 1. The molecule has 0 aliphatic heterocycles. The highest BCUT2D eigenvalue weighted by molar-refractivity contribution is 6.30. The highest BCUT2D eigenvalue weighted by Gasteiger charge is 2.12. The van der Waals surface area contributed by atoms with Gasteiger partial charge in [0.05, 0.1) is 0 Å². The van der Waals surface area contributed by atoms with Crippen LogP contribution in [0, 0.1) is 0 Å². The van der Waals surface area contributed by atoms with Crippen molar-refractivity contribution < 1.29 is 5.11 Å². The highest BCUT2D eigenvalue weighted by atomic mass is 35.5. The number of halogens is 1. The van der Waals surface area contributed by atoms with Gasteiger partial charge in [0, 0.05) is 35.6 Å². The van der Waals surface area contributed by atoms with Gasteiger partial charge in [-0.2, -0.15) is 0 Å². The van der Waals surface area contributed by atoms with Gasteiger partial charge in [-0.1, -0.05) is 17.7 Å². The maximum atomic E-state index is 9.60. The van der Waals surface area contributed by atoms with Crippen molar-refractivity contribution in [3.05, 3.63) is 53.1 Å². The standard InChI is InChI=1S/C15H17ClN2O/c1-2-18(13-4-3-5-14(19)9-13)15-7-6-12(16)8-11(15)10-17/h3-9,19H,2,10,17H2,1H3. The molecule has 0 heterocycles. The number of aromatic hydroxyl groups is 1. The molecule has 0 atom stereocenters. The van der Waals surface area contributed by atoms with Crippen LogP contribution in [0.25, 0.3) is 0 Å². The fourth-order valence-corrected chi connectivity index (χ4v) is 2.33. The van der Waals surface area contributed by atoms with E-state index in [0.29, 0.717) is 11.6 Å². The third-order valence-electron chi connectivity index (χ3n) is 3.01. The number of anilines is 2. The number of hydrogen-bond acceptors (Lipinski definition) is 3. The lowest BCUT2D eigenvalue weighted by Gasteiger charge is -2.26. The summed E-state index contributed by atoms with van der Waals surface area (Å²) >= 11 is 6.00. The Kier molecular flexibility index (Phi) is 4.30. The Morgan fingerprint density at radius 1 is 1.21 bits per heavy atom. The van der Waals surface area contributed by atoms with E-state index in [-0.39, 0.29) is 5.75 Å². The predicted octanol–water partition coefficient (Wildman–Crippen LogP) is 3.66. The molecular formula is C15H17ClN2O. The first-order valence-electron chi connectivity index (χ1n) is 6.20.